The summed E-state index contributed by atoms with van der Waals surface area (Å²) in [5.74, 6) is 0.374. The summed E-state index contributed by atoms with van der Waals surface area (Å²) in [5, 5.41) is 3.43. The van der Waals surface area contributed by atoms with E-state index >= 15 is 4.39 Å². The summed E-state index contributed by atoms with van der Waals surface area (Å²) in [5.41, 5.74) is 5.07. The predicted octanol–water partition coefficient (Wildman–Crippen LogP) is 8.50. The van der Waals surface area contributed by atoms with Crippen molar-refractivity contribution < 1.29 is 23.3 Å². The first-order chi connectivity index (χ1) is 22.5. The number of imidazole rings is 1. The van der Waals surface area contributed by atoms with Crippen LogP contribution in [0.2, 0.25) is 0 Å². The quantitative estimate of drug-likeness (QED) is 0.158. The molecule has 1 aromatic heterocycles. The van der Waals surface area contributed by atoms with Crippen molar-refractivity contribution in [3.8, 4) is 28.6 Å². The van der Waals surface area contributed by atoms with Gasteiger partial charge in [-0.3, -0.25) is 0 Å². The van der Waals surface area contributed by atoms with Gasteiger partial charge in [0.1, 0.15) is 19.0 Å². The van der Waals surface area contributed by atoms with Gasteiger partial charge in [-0.15, -0.1) is 0 Å². The number of aromatic nitrogens is 2. The zero-order valence-corrected chi connectivity index (χ0v) is 25.7. The first-order valence-electron chi connectivity index (χ1n) is 15.2. The molecule has 46 heavy (non-hydrogen) atoms. The van der Waals surface area contributed by atoms with Crippen LogP contribution in [0.5, 0.6) is 17.2 Å². The molecule has 0 bridgehead atoms. The number of para-hydroxylation sites is 1. The molecule has 0 spiro atoms. The van der Waals surface area contributed by atoms with E-state index in [4.69, 9.17) is 23.9 Å². The van der Waals surface area contributed by atoms with Crippen LogP contribution >= 0.6 is 0 Å². The van der Waals surface area contributed by atoms with E-state index in [1.54, 1.807) is 13.2 Å². The number of halogens is 1. The van der Waals surface area contributed by atoms with Gasteiger partial charge in [0.05, 0.1) is 42.5 Å². The fourth-order valence-corrected chi connectivity index (χ4v) is 5.73. The molecule has 0 radical (unpaired) electrons. The highest BCUT2D eigenvalue weighted by Crippen LogP contribution is 2.47. The molecule has 1 aliphatic heterocycles. The molecule has 0 aliphatic carbocycles. The van der Waals surface area contributed by atoms with Crippen molar-refractivity contribution in [2.75, 3.05) is 25.6 Å². The van der Waals surface area contributed by atoms with Gasteiger partial charge in [-0.25, -0.2) is 9.37 Å². The second kappa shape index (κ2) is 12.6. The molecule has 1 aliphatic rings. The molecule has 0 amide bonds. The number of benzene rings is 5. The maximum atomic E-state index is 17.0. The molecule has 0 saturated carbocycles. The largest absolute Gasteiger partial charge is 0.493 e. The number of rotatable bonds is 11. The maximum absolute atomic E-state index is 17.0. The molecule has 2 heterocycles. The number of ether oxygens (including phenoxy) is 4. The van der Waals surface area contributed by atoms with Gasteiger partial charge in [-0.05, 0) is 54.4 Å². The van der Waals surface area contributed by atoms with Crippen molar-refractivity contribution in [3.63, 3.8) is 0 Å². The van der Waals surface area contributed by atoms with Crippen LogP contribution in [0.25, 0.3) is 22.4 Å². The highest BCUT2D eigenvalue weighted by molar-refractivity contribution is 5.86. The zero-order valence-electron chi connectivity index (χ0n) is 25.7. The Kier molecular flexibility index (Phi) is 8.03. The second-order valence-corrected chi connectivity index (χ2v) is 11.6. The normalized spacial score (nSPS) is 13.6. The lowest BCUT2D eigenvalue weighted by Crippen LogP contribution is -2.49. The maximum Gasteiger partial charge on any atom is 0.207 e. The molecule has 1 saturated heterocycles. The molecule has 6 aromatic rings. The topological polar surface area (TPSA) is 66.8 Å². The summed E-state index contributed by atoms with van der Waals surface area (Å²) in [6.45, 7) is 3.40. The molecule has 0 atom stereocenters. The average Bonchev–Trinajstić information content (AvgIpc) is 3.46. The van der Waals surface area contributed by atoms with Crippen molar-refractivity contribution in [3.05, 3.63) is 132 Å². The lowest BCUT2D eigenvalue weighted by Gasteiger charge is -2.40. The molecule has 7 rings (SSSR count). The summed E-state index contributed by atoms with van der Waals surface area (Å²) in [7, 11) is 1.54. The summed E-state index contributed by atoms with van der Waals surface area (Å²) in [6.07, 6.45) is 0. The summed E-state index contributed by atoms with van der Waals surface area (Å²) in [6, 6.07) is 36.9. The van der Waals surface area contributed by atoms with E-state index in [-0.39, 0.29) is 30.3 Å². The monoisotopic (exact) mass is 615 g/mol. The zero-order chi connectivity index (χ0) is 31.5. The Morgan fingerprint density at radius 3 is 1.98 bits per heavy atom. The molecular weight excluding hydrogens is 581 g/mol. The molecule has 232 valence electrons. The van der Waals surface area contributed by atoms with Crippen LogP contribution in [-0.4, -0.2) is 29.9 Å². The van der Waals surface area contributed by atoms with E-state index in [2.05, 4.69) is 16.8 Å². The first kappa shape index (κ1) is 29.4. The number of methoxy groups -OCH3 is 1. The number of hydrogen-bond donors (Lipinski definition) is 1. The van der Waals surface area contributed by atoms with E-state index in [0.29, 0.717) is 24.8 Å². The molecule has 1 fully saturated rings. The fourth-order valence-electron chi connectivity index (χ4n) is 5.73. The van der Waals surface area contributed by atoms with Gasteiger partial charge in [0.2, 0.25) is 11.5 Å². The van der Waals surface area contributed by atoms with E-state index in [0.717, 1.165) is 33.5 Å². The van der Waals surface area contributed by atoms with Gasteiger partial charge in [0, 0.05) is 11.4 Å². The SMILES string of the molecule is COc1cc(-c2nc3cc(Nc4ccccc4)ccc3n2C2(C)COC2)c(F)c(OCc2ccccc2)c1OCc1ccccc1. The van der Waals surface area contributed by atoms with E-state index in [1.165, 1.54) is 0 Å². The van der Waals surface area contributed by atoms with Crippen molar-refractivity contribution in [1.82, 2.24) is 9.55 Å². The Labute approximate surface area is 267 Å². The van der Waals surface area contributed by atoms with E-state index in [9.17, 15) is 0 Å². The highest BCUT2D eigenvalue weighted by atomic mass is 19.1. The summed E-state index contributed by atoms with van der Waals surface area (Å²) < 4.78 is 43.0. The molecule has 7 nitrogen and oxygen atoms in total. The third kappa shape index (κ3) is 5.75. The van der Waals surface area contributed by atoms with Crippen molar-refractivity contribution in [2.24, 2.45) is 0 Å². The third-order valence-electron chi connectivity index (χ3n) is 8.14. The van der Waals surface area contributed by atoms with Crippen molar-refractivity contribution in [2.45, 2.75) is 25.7 Å². The van der Waals surface area contributed by atoms with Crippen LogP contribution in [-0.2, 0) is 23.5 Å². The molecule has 0 unspecified atom stereocenters. The van der Waals surface area contributed by atoms with Crippen molar-refractivity contribution in [1.29, 1.82) is 0 Å². The van der Waals surface area contributed by atoms with Gasteiger partial charge >= 0.3 is 0 Å². The minimum Gasteiger partial charge on any atom is -0.493 e. The third-order valence-corrected chi connectivity index (χ3v) is 8.14. The Morgan fingerprint density at radius 1 is 0.783 bits per heavy atom. The summed E-state index contributed by atoms with van der Waals surface area (Å²) >= 11 is 0. The van der Waals surface area contributed by atoms with Crippen LogP contribution in [0.4, 0.5) is 15.8 Å². The minimum atomic E-state index is -0.581. The second-order valence-electron chi connectivity index (χ2n) is 11.6. The van der Waals surface area contributed by atoms with Crippen LogP contribution in [0, 0.1) is 5.82 Å². The lowest BCUT2D eigenvalue weighted by molar-refractivity contribution is -0.0868. The van der Waals surface area contributed by atoms with Gasteiger partial charge in [0.15, 0.2) is 11.6 Å². The number of nitrogens with one attached hydrogen (secondary N) is 1. The van der Waals surface area contributed by atoms with Crippen LogP contribution in [0.15, 0.2) is 115 Å². The van der Waals surface area contributed by atoms with Gasteiger partial charge in [0.25, 0.3) is 0 Å². The smallest absolute Gasteiger partial charge is 0.207 e. The molecule has 1 N–H and O–H groups in total. The van der Waals surface area contributed by atoms with Crippen molar-refractivity contribution >= 4 is 22.4 Å². The number of hydrogen-bond acceptors (Lipinski definition) is 6. The lowest BCUT2D eigenvalue weighted by atomic mass is 9.98. The van der Waals surface area contributed by atoms with Gasteiger partial charge < -0.3 is 28.8 Å². The van der Waals surface area contributed by atoms with E-state index < -0.39 is 11.4 Å². The Balaban J connectivity index is 1.35. The molecular formula is C38H34FN3O4. The van der Waals surface area contributed by atoms with Crippen LogP contribution < -0.4 is 19.5 Å². The predicted molar refractivity (Wildman–Crippen MR) is 177 cm³/mol. The molecule has 5 aromatic carbocycles. The standard InChI is InChI=1S/C38H34FN3O4/c1-38(24-44-25-38)42-32-19-18-29(40-28-16-10-5-11-17-28)20-31(32)41-37(42)30-21-33(43-2)35(45-22-26-12-6-3-7-13-26)36(34(30)39)46-23-27-14-8-4-9-15-27/h3-21,40H,22-25H2,1-2H3. The fraction of sp³-hybridized carbons (Fsp3) is 0.184. The minimum absolute atomic E-state index is 0.0332. The Hall–Kier alpha value is -5.34. The van der Waals surface area contributed by atoms with E-state index in [1.807, 2.05) is 109 Å². The summed E-state index contributed by atoms with van der Waals surface area (Å²) in [4.78, 5) is 5.03. The first-order valence-corrected chi connectivity index (χ1v) is 15.2. The Bertz CT molecular complexity index is 1960. The average molecular weight is 616 g/mol. The van der Waals surface area contributed by atoms with Gasteiger partial charge in [-0.1, -0.05) is 78.9 Å². The van der Waals surface area contributed by atoms with Crippen LogP contribution in [0.3, 0.4) is 0 Å². The Morgan fingerprint density at radius 2 is 1.39 bits per heavy atom. The number of anilines is 2. The van der Waals surface area contributed by atoms with Gasteiger partial charge in [-0.2, -0.15) is 0 Å². The van der Waals surface area contributed by atoms with Crippen LogP contribution in [0.1, 0.15) is 18.1 Å². The number of fused-ring (bicyclic) bond motifs is 1. The number of nitrogens with zero attached hydrogens (tertiary/aromatic N) is 2. The highest BCUT2D eigenvalue weighted by Gasteiger charge is 2.40. The molecule has 8 heteroatoms.